The number of piperidine rings is 1. The Balaban J connectivity index is 1.73. The molecule has 1 unspecified atom stereocenters. The molecule has 3 rings (SSSR count). The van der Waals surface area contributed by atoms with Crippen LogP contribution in [0.25, 0.3) is 11.3 Å². The Hall–Kier alpha value is -2.63. The Kier molecular flexibility index (Phi) is 4.93. The quantitative estimate of drug-likeness (QED) is 0.884. The van der Waals surface area contributed by atoms with Crippen LogP contribution in [0, 0.1) is 5.92 Å². The molecular formula is C18H21N3O3. The summed E-state index contributed by atoms with van der Waals surface area (Å²) in [4.78, 5) is 25.5. The maximum atomic E-state index is 12.9. The SMILES string of the molecule is O=C(O)CCC1CCCN(C(=O)c2cn[nH]c2-c2ccccc2)C1. The molecule has 1 aliphatic rings. The molecule has 0 bridgehead atoms. The fourth-order valence-corrected chi connectivity index (χ4v) is 3.26. The number of amides is 1. The van der Waals surface area contributed by atoms with Crippen LogP contribution in [-0.2, 0) is 4.79 Å². The van der Waals surface area contributed by atoms with Crippen LogP contribution in [0.1, 0.15) is 36.0 Å². The van der Waals surface area contributed by atoms with Gasteiger partial charge in [0.25, 0.3) is 5.91 Å². The molecule has 1 atom stereocenters. The molecule has 1 fully saturated rings. The lowest BCUT2D eigenvalue weighted by atomic mass is 9.93. The second-order valence-electron chi connectivity index (χ2n) is 6.22. The Bertz CT molecular complexity index is 711. The number of aliphatic carboxylic acids is 1. The summed E-state index contributed by atoms with van der Waals surface area (Å²) in [5, 5.41) is 15.8. The van der Waals surface area contributed by atoms with Crippen molar-refractivity contribution < 1.29 is 14.7 Å². The Labute approximate surface area is 140 Å². The molecule has 24 heavy (non-hydrogen) atoms. The number of rotatable bonds is 5. The Morgan fingerprint density at radius 2 is 2.08 bits per heavy atom. The van der Waals surface area contributed by atoms with Gasteiger partial charge in [0.05, 0.1) is 17.5 Å². The second kappa shape index (κ2) is 7.29. The van der Waals surface area contributed by atoms with E-state index in [-0.39, 0.29) is 18.2 Å². The van der Waals surface area contributed by atoms with Crippen LogP contribution in [0.3, 0.4) is 0 Å². The topological polar surface area (TPSA) is 86.3 Å². The van der Waals surface area contributed by atoms with Gasteiger partial charge < -0.3 is 10.0 Å². The van der Waals surface area contributed by atoms with Crippen LogP contribution >= 0.6 is 0 Å². The van der Waals surface area contributed by atoms with E-state index < -0.39 is 5.97 Å². The van der Waals surface area contributed by atoms with Crippen molar-refractivity contribution in [3.05, 3.63) is 42.1 Å². The zero-order valence-electron chi connectivity index (χ0n) is 13.4. The lowest BCUT2D eigenvalue weighted by molar-refractivity contribution is -0.137. The molecule has 6 heteroatoms. The van der Waals surface area contributed by atoms with E-state index in [0.29, 0.717) is 25.1 Å². The smallest absolute Gasteiger partial charge is 0.303 e. The van der Waals surface area contributed by atoms with Crippen LogP contribution < -0.4 is 0 Å². The molecule has 1 aromatic heterocycles. The van der Waals surface area contributed by atoms with E-state index in [0.717, 1.165) is 24.1 Å². The van der Waals surface area contributed by atoms with Gasteiger partial charge in [-0.15, -0.1) is 0 Å². The monoisotopic (exact) mass is 327 g/mol. The van der Waals surface area contributed by atoms with Crippen molar-refractivity contribution in [1.82, 2.24) is 15.1 Å². The van der Waals surface area contributed by atoms with Crippen LogP contribution in [0.15, 0.2) is 36.5 Å². The van der Waals surface area contributed by atoms with Gasteiger partial charge in [-0.3, -0.25) is 14.7 Å². The lowest BCUT2D eigenvalue weighted by Gasteiger charge is -2.32. The standard InChI is InChI=1S/C18H21N3O3/c22-16(23)9-8-13-5-4-10-21(12-13)18(24)15-11-19-20-17(15)14-6-2-1-3-7-14/h1-3,6-7,11,13H,4-5,8-10,12H2,(H,19,20)(H,22,23). The molecule has 2 aromatic rings. The first-order valence-electron chi connectivity index (χ1n) is 8.25. The number of nitrogens with one attached hydrogen (secondary N) is 1. The third kappa shape index (κ3) is 3.64. The summed E-state index contributed by atoms with van der Waals surface area (Å²) in [5.74, 6) is -0.562. The van der Waals surface area contributed by atoms with Gasteiger partial charge in [-0.05, 0) is 25.2 Å². The first-order valence-corrected chi connectivity index (χ1v) is 8.25. The van der Waals surface area contributed by atoms with Gasteiger partial charge in [-0.2, -0.15) is 5.10 Å². The van der Waals surface area contributed by atoms with Gasteiger partial charge in [-0.1, -0.05) is 30.3 Å². The fraction of sp³-hybridized carbons (Fsp3) is 0.389. The molecule has 0 radical (unpaired) electrons. The van der Waals surface area contributed by atoms with Crippen molar-refractivity contribution in [2.24, 2.45) is 5.92 Å². The molecule has 1 aliphatic heterocycles. The van der Waals surface area contributed by atoms with Crippen molar-refractivity contribution in [1.29, 1.82) is 0 Å². The highest BCUT2D eigenvalue weighted by molar-refractivity contribution is 5.99. The molecule has 6 nitrogen and oxygen atoms in total. The molecule has 0 spiro atoms. The van der Waals surface area contributed by atoms with Crippen LogP contribution in [-0.4, -0.2) is 45.2 Å². The van der Waals surface area contributed by atoms with Crippen molar-refractivity contribution >= 4 is 11.9 Å². The average Bonchev–Trinajstić information content (AvgIpc) is 3.10. The maximum absolute atomic E-state index is 12.9. The minimum absolute atomic E-state index is 0.0392. The molecule has 1 saturated heterocycles. The van der Waals surface area contributed by atoms with Gasteiger partial charge in [0.15, 0.2) is 0 Å². The summed E-state index contributed by atoms with van der Waals surface area (Å²) < 4.78 is 0. The first-order chi connectivity index (χ1) is 11.6. The zero-order chi connectivity index (χ0) is 16.9. The summed E-state index contributed by atoms with van der Waals surface area (Å²) in [5.41, 5.74) is 2.23. The molecule has 0 aliphatic carbocycles. The van der Waals surface area contributed by atoms with Crippen LogP contribution in [0.4, 0.5) is 0 Å². The number of H-pyrrole nitrogens is 1. The first kappa shape index (κ1) is 16.2. The summed E-state index contributed by atoms with van der Waals surface area (Å²) in [6, 6.07) is 9.66. The van der Waals surface area contributed by atoms with Crippen molar-refractivity contribution in [3.8, 4) is 11.3 Å². The molecule has 1 aromatic carbocycles. The molecular weight excluding hydrogens is 306 g/mol. The predicted molar refractivity (Wildman–Crippen MR) is 89.5 cm³/mol. The molecule has 1 amide bonds. The van der Waals surface area contributed by atoms with Gasteiger partial charge in [0, 0.05) is 25.1 Å². The van der Waals surface area contributed by atoms with Crippen molar-refractivity contribution in [3.63, 3.8) is 0 Å². The number of hydrogen-bond acceptors (Lipinski definition) is 3. The van der Waals surface area contributed by atoms with Gasteiger partial charge in [-0.25, -0.2) is 0 Å². The van der Waals surface area contributed by atoms with Crippen LogP contribution in [0.5, 0.6) is 0 Å². The number of carbonyl (C=O) groups is 2. The Morgan fingerprint density at radius 1 is 1.29 bits per heavy atom. The number of hydrogen-bond donors (Lipinski definition) is 2. The number of carboxylic acids is 1. The van der Waals surface area contributed by atoms with E-state index in [1.165, 1.54) is 0 Å². The van der Waals surface area contributed by atoms with E-state index in [1.54, 1.807) is 6.20 Å². The minimum Gasteiger partial charge on any atom is -0.481 e. The largest absolute Gasteiger partial charge is 0.481 e. The van der Waals surface area contributed by atoms with Crippen molar-refractivity contribution in [2.75, 3.05) is 13.1 Å². The third-order valence-electron chi connectivity index (χ3n) is 4.50. The Morgan fingerprint density at radius 3 is 2.83 bits per heavy atom. The number of aromatic nitrogens is 2. The van der Waals surface area contributed by atoms with E-state index in [4.69, 9.17) is 5.11 Å². The lowest BCUT2D eigenvalue weighted by Crippen LogP contribution is -2.40. The normalized spacial score (nSPS) is 17.7. The summed E-state index contributed by atoms with van der Waals surface area (Å²) >= 11 is 0. The highest BCUT2D eigenvalue weighted by atomic mass is 16.4. The predicted octanol–water partition coefficient (Wildman–Crippen LogP) is 2.79. The fourth-order valence-electron chi connectivity index (χ4n) is 3.26. The van der Waals surface area contributed by atoms with E-state index in [9.17, 15) is 9.59 Å². The highest BCUT2D eigenvalue weighted by Crippen LogP contribution is 2.26. The average molecular weight is 327 g/mol. The third-order valence-corrected chi connectivity index (χ3v) is 4.50. The number of nitrogens with zero attached hydrogens (tertiary/aromatic N) is 2. The number of likely N-dealkylation sites (tertiary alicyclic amines) is 1. The molecule has 2 N–H and O–H groups in total. The molecule has 0 saturated carbocycles. The summed E-state index contributed by atoms with van der Waals surface area (Å²) in [6.07, 6.45) is 4.25. The number of aromatic amines is 1. The number of carboxylic acid groups (broad SMARTS) is 1. The molecule has 2 heterocycles. The summed E-state index contributed by atoms with van der Waals surface area (Å²) in [7, 11) is 0. The van der Waals surface area contributed by atoms with Crippen molar-refractivity contribution in [2.45, 2.75) is 25.7 Å². The minimum atomic E-state index is -0.778. The van der Waals surface area contributed by atoms with E-state index in [1.807, 2.05) is 35.2 Å². The number of carbonyl (C=O) groups excluding carboxylic acids is 1. The van der Waals surface area contributed by atoms with Gasteiger partial charge in [0.1, 0.15) is 0 Å². The van der Waals surface area contributed by atoms with Crippen LogP contribution in [0.2, 0.25) is 0 Å². The van der Waals surface area contributed by atoms with Gasteiger partial charge in [0.2, 0.25) is 0 Å². The molecule has 126 valence electrons. The van der Waals surface area contributed by atoms with E-state index in [2.05, 4.69) is 10.2 Å². The zero-order valence-corrected chi connectivity index (χ0v) is 13.4. The maximum Gasteiger partial charge on any atom is 0.303 e. The second-order valence-corrected chi connectivity index (χ2v) is 6.22. The number of benzene rings is 1. The van der Waals surface area contributed by atoms with E-state index >= 15 is 0 Å². The summed E-state index contributed by atoms with van der Waals surface area (Å²) in [6.45, 7) is 1.33. The van der Waals surface area contributed by atoms with Gasteiger partial charge >= 0.3 is 5.97 Å². The highest BCUT2D eigenvalue weighted by Gasteiger charge is 2.27.